The Balaban J connectivity index is 2.40. The molecule has 0 atom stereocenters. The predicted octanol–water partition coefficient (Wildman–Crippen LogP) is 3.21. The first-order valence-electron chi connectivity index (χ1n) is 5.98. The fourth-order valence-electron chi connectivity index (χ4n) is 1.21. The molecule has 0 aromatic carbocycles. The lowest BCUT2D eigenvalue weighted by Crippen LogP contribution is -1.95. The average molecular weight is 310 g/mol. The number of hydrogen-bond acceptors (Lipinski definition) is 7. The van der Waals surface area contributed by atoms with Crippen LogP contribution in [0.1, 0.15) is 32.5 Å². The van der Waals surface area contributed by atoms with E-state index >= 15 is 0 Å². The van der Waals surface area contributed by atoms with Gasteiger partial charge in [-0.25, -0.2) is 0 Å². The number of hydrogen-bond donors (Lipinski definition) is 0. The molecule has 0 spiro atoms. The van der Waals surface area contributed by atoms with Gasteiger partial charge < -0.3 is 13.6 Å². The van der Waals surface area contributed by atoms with E-state index in [4.69, 9.17) is 25.4 Å². The summed E-state index contributed by atoms with van der Waals surface area (Å²) < 4.78 is 16.2. The van der Waals surface area contributed by atoms with E-state index in [1.54, 1.807) is 0 Å². The van der Waals surface area contributed by atoms with Crippen LogP contribution in [0.3, 0.4) is 0 Å². The zero-order chi connectivity index (χ0) is 13.4. The van der Waals surface area contributed by atoms with Crippen molar-refractivity contribution in [3.05, 3.63) is 11.7 Å². The van der Waals surface area contributed by atoms with Crippen molar-refractivity contribution in [2.45, 2.75) is 33.6 Å². The van der Waals surface area contributed by atoms with Gasteiger partial charge in [0.05, 0.1) is 13.2 Å². The summed E-state index contributed by atoms with van der Waals surface area (Å²) in [7, 11) is 0. The average Bonchev–Trinajstić information content (AvgIpc) is 2.77. The Hall–Kier alpha value is 0.0600. The Kier molecular flexibility index (Phi) is 7.41. The van der Waals surface area contributed by atoms with Crippen LogP contribution < -0.4 is 0 Å². The second-order valence-electron chi connectivity index (χ2n) is 3.32. The van der Waals surface area contributed by atoms with Crippen LogP contribution in [0.15, 0.2) is 4.52 Å². The van der Waals surface area contributed by atoms with Crippen molar-refractivity contribution in [2.24, 2.45) is 0 Å². The Labute approximate surface area is 117 Å². The molecule has 18 heavy (non-hydrogen) atoms. The molecule has 0 saturated heterocycles. The highest BCUT2D eigenvalue weighted by molar-refractivity contribution is 8.67. The second-order valence-corrected chi connectivity index (χ2v) is 9.75. The lowest BCUT2D eigenvalue weighted by molar-refractivity contribution is 0.280. The van der Waals surface area contributed by atoms with Gasteiger partial charge in [0.1, 0.15) is 0 Å². The van der Waals surface area contributed by atoms with Gasteiger partial charge >= 0.3 is 0 Å². The molecule has 0 amide bonds. The van der Waals surface area contributed by atoms with Gasteiger partial charge in [0.2, 0.25) is 11.6 Å². The van der Waals surface area contributed by atoms with Crippen LogP contribution >= 0.6 is 17.1 Å². The second kappa shape index (κ2) is 8.27. The maximum atomic E-state index is 5.53. The molecule has 8 heteroatoms. The molecule has 5 nitrogen and oxygen atoms in total. The SMILES string of the molecule is CCOP(=S)(OCC)SCCc1nc(CC)no1. The summed E-state index contributed by atoms with van der Waals surface area (Å²) in [5, 5.41) is 3.85. The van der Waals surface area contributed by atoms with Crippen molar-refractivity contribution in [1.29, 1.82) is 0 Å². The smallest absolute Gasteiger partial charge is 0.247 e. The van der Waals surface area contributed by atoms with Gasteiger partial charge in [0.15, 0.2) is 5.82 Å². The standard InChI is InChI=1S/C10H19N2O3PS2/c1-4-9-11-10(15-12-9)7-8-18-16(17,13-5-2)14-6-3/h4-8H2,1-3H3. The van der Waals surface area contributed by atoms with Gasteiger partial charge in [-0.05, 0) is 25.7 Å². The van der Waals surface area contributed by atoms with Gasteiger partial charge in [0.25, 0.3) is 0 Å². The lowest BCUT2D eigenvalue weighted by atomic mass is 10.4. The molecule has 0 N–H and O–H groups in total. The van der Waals surface area contributed by atoms with Crippen LogP contribution in [0, 0.1) is 0 Å². The van der Waals surface area contributed by atoms with Crippen LogP contribution in [0.2, 0.25) is 0 Å². The quantitative estimate of drug-likeness (QED) is 0.649. The third-order valence-electron chi connectivity index (χ3n) is 1.97. The van der Waals surface area contributed by atoms with Crippen LogP contribution in [0.25, 0.3) is 0 Å². The summed E-state index contributed by atoms with van der Waals surface area (Å²) in [6.07, 6.45) is 1.47. The zero-order valence-corrected chi connectivity index (χ0v) is 13.4. The van der Waals surface area contributed by atoms with E-state index in [1.165, 1.54) is 11.4 Å². The molecule has 0 fully saturated rings. The van der Waals surface area contributed by atoms with Crippen molar-refractivity contribution in [2.75, 3.05) is 19.0 Å². The first-order valence-corrected chi connectivity index (χ1v) is 10.2. The van der Waals surface area contributed by atoms with Crippen LogP contribution in [-0.4, -0.2) is 29.1 Å². The molecule has 104 valence electrons. The Bertz CT molecular complexity index is 390. The maximum absolute atomic E-state index is 5.53. The van der Waals surface area contributed by atoms with Crippen molar-refractivity contribution in [1.82, 2.24) is 10.1 Å². The summed E-state index contributed by atoms with van der Waals surface area (Å²) in [5.41, 5.74) is -2.20. The topological polar surface area (TPSA) is 57.4 Å². The first kappa shape index (κ1) is 16.1. The van der Waals surface area contributed by atoms with Gasteiger partial charge in [-0.3, -0.25) is 0 Å². The van der Waals surface area contributed by atoms with E-state index in [0.29, 0.717) is 25.5 Å². The molecule has 0 unspecified atom stereocenters. The van der Waals surface area contributed by atoms with Crippen molar-refractivity contribution in [3.8, 4) is 0 Å². The molecule has 1 rings (SSSR count). The molecule has 1 aromatic heterocycles. The fourth-order valence-corrected chi connectivity index (χ4v) is 5.88. The van der Waals surface area contributed by atoms with Crippen molar-refractivity contribution >= 4 is 28.9 Å². The van der Waals surface area contributed by atoms with E-state index in [0.717, 1.165) is 18.0 Å². The van der Waals surface area contributed by atoms with E-state index < -0.39 is 5.69 Å². The Morgan fingerprint density at radius 2 is 1.94 bits per heavy atom. The molecule has 1 heterocycles. The Morgan fingerprint density at radius 3 is 2.44 bits per heavy atom. The fraction of sp³-hybridized carbons (Fsp3) is 0.800. The summed E-state index contributed by atoms with van der Waals surface area (Å²) in [5.74, 6) is 2.15. The molecule has 0 saturated carbocycles. The molecule has 0 aliphatic heterocycles. The molecular formula is C10H19N2O3PS2. The van der Waals surface area contributed by atoms with Crippen LogP contribution in [-0.2, 0) is 33.7 Å². The minimum absolute atomic E-state index is 0.574. The van der Waals surface area contributed by atoms with E-state index in [2.05, 4.69) is 10.1 Å². The van der Waals surface area contributed by atoms with Gasteiger partial charge in [-0.1, -0.05) is 23.5 Å². The highest BCUT2D eigenvalue weighted by atomic mass is 32.9. The largest absolute Gasteiger partial charge is 0.339 e. The molecule has 0 aliphatic rings. The third-order valence-corrected chi connectivity index (χ3v) is 7.53. The molecular weight excluding hydrogens is 291 g/mol. The number of rotatable bonds is 9. The minimum atomic E-state index is -2.20. The Morgan fingerprint density at radius 1 is 1.28 bits per heavy atom. The summed E-state index contributed by atoms with van der Waals surface area (Å²) in [4.78, 5) is 4.25. The predicted molar refractivity (Wildman–Crippen MR) is 77.4 cm³/mol. The third kappa shape index (κ3) is 5.36. The molecule has 0 radical (unpaired) electrons. The van der Waals surface area contributed by atoms with Crippen LogP contribution in [0.4, 0.5) is 0 Å². The maximum Gasteiger partial charge on any atom is 0.247 e. The van der Waals surface area contributed by atoms with Crippen molar-refractivity contribution < 1.29 is 13.6 Å². The summed E-state index contributed by atoms with van der Waals surface area (Å²) in [6, 6.07) is 0. The summed E-state index contributed by atoms with van der Waals surface area (Å²) >= 11 is 6.94. The summed E-state index contributed by atoms with van der Waals surface area (Å²) in [6.45, 7) is 6.99. The highest BCUT2D eigenvalue weighted by Crippen LogP contribution is 2.60. The van der Waals surface area contributed by atoms with E-state index in [1.807, 2.05) is 20.8 Å². The number of nitrogens with zero attached hydrogens (tertiary/aromatic N) is 2. The van der Waals surface area contributed by atoms with Gasteiger partial charge in [0, 0.05) is 18.6 Å². The molecule has 0 aliphatic carbocycles. The molecule has 1 aromatic rings. The van der Waals surface area contributed by atoms with Crippen molar-refractivity contribution in [3.63, 3.8) is 0 Å². The monoisotopic (exact) mass is 310 g/mol. The number of aryl methyl sites for hydroxylation is 2. The van der Waals surface area contributed by atoms with Crippen LogP contribution in [0.5, 0.6) is 0 Å². The zero-order valence-electron chi connectivity index (χ0n) is 10.9. The van der Waals surface area contributed by atoms with E-state index in [9.17, 15) is 0 Å². The normalized spacial score (nSPS) is 11.9. The first-order chi connectivity index (χ1) is 8.63. The molecule has 0 bridgehead atoms. The number of aromatic nitrogens is 2. The highest BCUT2D eigenvalue weighted by Gasteiger charge is 2.19. The lowest BCUT2D eigenvalue weighted by Gasteiger charge is -2.19. The van der Waals surface area contributed by atoms with E-state index in [-0.39, 0.29) is 0 Å². The minimum Gasteiger partial charge on any atom is -0.339 e. The van der Waals surface area contributed by atoms with Gasteiger partial charge in [-0.15, -0.1) is 0 Å². The van der Waals surface area contributed by atoms with Gasteiger partial charge in [-0.2, -0.15) is 4.98 Å².